The van der Waals surface area contributed by atoms with E-state index < -0.39 is 5.97 Å². The second-order valence-corrected chi connectivity index (χ2v) is 4.75. The topological polar surface area (TPSA) is 50.2 Å². The highest BCUT2D eigenvalue weighted by Crippen LogP contribution is 2.30. The Morgan fingerprint density at radius 1 is 1.11 bits per heavy atom. The summed E-state index contributed by atoms with van der Waals surface area (Å²) in [5.41, 5.74) is 2.58. The second kappa shape index (κ2) is 4.23. The molecule has 0 radical (unpaired) electrons. The van der Waals surface area contributed by atoms with Crippen LogP contribution in [-0.4, -0.2) is 16.1 Å². The first-order valence-electron chi connectivity index (χ1n) is 5.41. The van der Waals surface area contributed by atoms with E-state index >= 15 is 0 Å². The minimum atomic E-state index is -0.987. The normalized spacial score (nSPS) is 10.7. The summed E-state index contributed by atoms with van der Waals surface area (Å²) in [6.07, 6.45) is 0. The van der Waals surface area contributed by atoms with E-state index in [0.717, 1.165) is 16.3 Å². The Labute approximate surface area is 107 Å². The molecule has 4 heteroatoms. The molecule has 0 fully saturated rings. The van der Waals surface area contributed by atoms with Crippen molar-refractivity contribution in [2.75, 3.05) is 0 Å². The molecule has 0 aliphatic carbocycles. The second-order valence-electron chi connectivity index (χ2n) is 3.90. The van der Waals surface area contributed by atoms with Crippen LogP contribution in [0.2, 0.25) is 0 Å². The van der Waals surface area contributed by atoms with E-state index in [4.69, 9.17) is 5.11 Å². The van der Waals surface area contributed by atoms with Gasteiger partial charge in [-0.15, -0.1) is 11.3 Å². The molecule has 0 unspecified atom stereocenters. The Morgan fingerprint density at radius 2 is 1.89 bits per heavy atom. The van der Waals surface area contributed by atoms with Crippen LogP contribution in [0.3, 0.4) is 0 Å². The van der Waals surface area contributed by atoms with E-state index in [2.05, 4.69) is 4.98 Å². The number of aromatic nitrogens is 1. The zero-order valence-electron chi connectivity index (χ0n) is 9.33. The van der Waals surface area contributed by atoms with Crippen LogP contribution in [0.1, 0.15) is 10.5 Å². The lowest BCUT2D eigenvalue weighted by Crippen LogP contribution is -1.98. The van der Waals surface area contributed by atoms with Crippen molar-refractivity contribution in [3.8, 4) is 10.4 Å². The molecule has 1 N–H and O–H groups in total. The molecule has 0 saturated carbocycles. The van der Waals surface area contributed by atoms with Crippen LogP contribution in [0.25, 0.3) is 21.2 Å². The summed E-state index contributed by atoms with van der Waals surface area (Å²) in [7, 11) is 0. The van der Waals surface area contributed by atoms with Crippen molar-refractivity contribution in [1.29, 1.82) is 0 Å². The van der Waals surface area contributed by atoms with Crippen LogP contribution in [0.5, 0.6) is 0 Å². The van der Waals surface area contributed by atoms with E-state index in [-0.39, 0.29) is 5.69 Å². The standard InChI is InChI=1S/C14H9NO2S/c16-14(17)12-13(18-8-15-12)11-6-5-9-3-1-2-4-10(9)7-11/h1-8H,(H,16,17). The molecule has 3 rings (SSSR count). The molecule has 0 spiro atoms. The summed E-state index contributed by atoms with van der Waals surface area (Å²) in [5, 5.41) is 11.3. The van der Waals surface area contributed by atoms with Crippen LogP contribution in [0.15, 0.2) is 48.0 Å². The van der Waals surface area contributed by atoms with Crippen molar-refractivity contribution in [2.45, 2.75) is 0 Å². The average Bonchev–Trinajstić information content (AvgIpc) is 2.87. The molecule has 0 atom stereocenters. The number of aromatic carboxylic acids is 1. The van der Waals surface area contributed by atoms with Gasteiger partial charge in [0.05, 0.1) is 10.4 Å². The number of carbonyl (C=O) groups is 1. The summed E-state index contributed by atoms with van der Waals surface area (Å²) in [5.74, 6) is -0.987. The van der Waals surface area contributed by atoms with E-state index in [1.54, 1.807) is 5.51 Å². The molecule has 88 valence electrons. The van der Waals surface area contributed by atoms with Crippen LogP contribution in [0, 0.1) is 0 Å². The quantitative estimate of drug-likeness (QED) is 0.760. The van der Waals surface area contributed by atoms with Gasteiger partial charge < -0.3 is 5.11 Å². The molecular weight excluding hydrogens is 246 g/mol. The molecule has 3 nitrogen and oxygen atoms in total. The van der Waals surface area contributed by atoms with Crippen molar-refractivity contribution in [1.82, 2.24) is 4.98 Å². The average molecular weight is 255 g/mol. The van der Waals surface area contributed by atoms with Gasteiger partial charge in [0.1, 0.15) is 0 Å². The van der Waals surface area contributed by atoms with E-state index in [9.17, 15) is 4.79 Å². The summed E-state index contributed by atoms with van der Waals surface area (Å²) in [6, 6.07) is 13.9. The van der Waals surface area contributed by atoms with Gasteiger partial charge in [0.2, 0.25) is 0 Å². The van der Waals surface area contributed by atoms with Crippen LogP contribution < -0.4 is 0 Å². The van der Waals surface area contributed by atoms with Gasteiger partial charge in [0, 0.05) is 0 Å². The van der Waals surface area contributed by atoms with E-state index in [0.29, 0.717) is 4.88 Å². The molecule has 0 aliphatic heterocycles. The lowest BCUT2D eigenvalue weighted by Gasteiger charge is -2.02. The molecule has 0 bridgehead atoms. The van der Waals surface area contributed by atoms with Crippen molar-refractivity contribution < 1.29 is 9.90 Å². The zero-order valence-corrected chi connectivity index (χ0v) is 10.1. The highest BCUT2D eigenvalue weighted by molar-refractivity contribution is 7.13. The maximum Gasteiger partial charge on any atom is 0.356 e. The first-order valence-corrected chi connectivity index (χ1v) is 6.29. The smallest absolute Gasteiger partial charge is 0.356 e. The molecule has 1 heterocycles. The van der Waals surface area contributed by atoms with Gasteiger partial charge in [-0.05, 0) is 22.4 Å². The van der Waals surface area contributed by atoms with Gasteiger partial charge in [-0.3, -0.25) is 0 Å². The number of carboxylic acids is 1. The van der Waals surface area contributed by atoms with Crippen LogP contribution in [0.4, 0.5) is 0 Å². The Balaban J connectivity index is 2.19. The van der Waals surface area contributed by atoms with Crippen molar-refractivity contribution in [3.05, 3.63) is 53.7 Å². The van der Waals surface area contributed by atoms with Gasteiger partial charge in [-0.2, -0.15) is 0 Å². The zero-order chi connectivity index (χ0) is 12.5. The Hall–Kier alpha value is -2.20. The Bertz CT molecular complexity index is 733. The fourth-order valence-electron chi connectivity index (χ4n) is 1.93. The van der Waals surface area contributed by atoms with Crippen LogP contribution >= 0.6 is 11.3 Å². The molecule has 0 saturated heterocycles. The maximum atomic E-state index is 11.1. The third kappa shape index (κ3) is 1.76. The fraction of sp³-hybridized carbons (Fsp3) is 0. The minimum Gasteiger partial charge on any atom is -0.476 e. The van der Waals surface area contributed by atoms with Crippen molar-refractivity contribution in [3.63, 3.8) is 0 Å². The fourth-order valence-corrected chi connectivity index (χ4v) is 2.71. The van der Waals surface area contributed by atoms with Crippen LogP contribution in [-0.2, 0) is 0 Å². The highest BCUT2D eigenvalue weighted by atomic mass is 32.1. The highest BCUT2D eigenvalue weighted by Gasteiger charge is 2.15. The lowest BCUT2D eigenvalue weighted by atomic mass is 10.1. The number of hydrogen-bond donors (Lipinski definition) is 1. The minimum absolute atomic E-state index is 0.121. The van der Waals surface area contributed by atoms with Gasteiger partial charge in [0.15, 0.2) is 5.69 Å². The maximum absolute atomic E-state index is 11.1. The lowest BCUT2D eigenvalue weighted by molar-refractivity contribution is 0.0692. The summed E-state index contributed by atoms with van der Waals surface area (Å²) in [6.45, 7) is 0. The van der Waals surface area contributed by atoms with Gasteiger partial charge in [-0.25, -0.2) is 9.78 Å². The third-order valence-corrected chi connectivity index (χ3v) is 3.66. The number of fused-ring (bicyclic) bond motifs is 1. The third-order valence-electron chi connectivity index (χ3n) is 2.78. The molecule has 0 aliphatic rings. The number of benzene rings is 2. The van der Waals surface area contributed by atoms with Crippen molar-refractivity contribution >= 4 is 28.1 Å². The van der Waals surface area contributed by atoms with Gasteiger partial charge >= 0.3 is 5.97 Å². The molecular formula is C14H9NO2S. The van der Waals surface area contributed by atoms with Crippen molar-refractivity contribution in [2.24, 2.45) is 0 Å². The molecule has 0 amide bonds. The number of hydrogen-bond acceptors (Lipinski definition) is 3. The first-order chi connectivity index (χ1) is 8.75. The predicted octanol–water partition coefficient (Wildman–Crippen LogP) is 3.66. The summed E-state index contributed by atoms with van der Waals surface area (Å²) < 4.78 is 0. The SMILES string of the molecule is O=C(O)c1ncsc1-c1ccc2ccccc2c1. The summed E-state index contributed by atoms with van der Waals surface area (Å²) in [4.78, 5) is 15.7. The monoisotopic (exact) mass is 255 g/mol. The van der Waals surface area contributed by atoms with Gasteiger partial charge in [0.25, 0.3) is 0 Å². The molecule has 1 aromatic heterocycles. The molecule has 18 heavy (non-hydrogen) atoms. The Kier molecular flexibility index (Phi) is 2.57. The number of carboxylic acid groups (broad SMARTS) is 1. The molecule has 3 aromatic rings. The number of rotatable bonds is 2. The predicted molar refractivity (Wildman–Crippen MR) is 72.0 cm³/mol. The van der Waals surface area contributed by atoms with Gasteiger partial charge in [-0.1, -0.05) is 36.4 Å². The largest absolute Gasteiger partial charge is 0.476 e. The number of thiazole rings is 1. The van der Waals surface area contributed by atoms with E-state index in [1.165, 1.54) is 11.3 Å². The first kappa shape index (κ1) is 10.9. The molecule has 2 aromatic carbocycles. The van der Waals surface area contributed by atoms with E-state index in [1.807, 2.05) is 42.5 Å². The number of nitrogens with zero attached hydrogens (tertiary/aromatic N) is 1. The summed E-state index contributed by atoms with van der Waals surface area (Å²) >= 11 is 1.35. The Morgan fingerprint density at radius 3 is 2.67 bits per heavy atom.